The Hall–Kier alpha value is -4.02. The maximum absolute atomic E-state index is 12.8. The van der Waals surface area contributed by atoms with Gasteiger partial charge in [-0.05, 0) is 55.2 Å². The Bertz CT molecular complexity index is 1610. The third kappa shape index (κ3) is 5.62. The van der Waals surface area contributed by atoms with E-state index in [2.05, 4.69) is 28.9 Å². The Balaban J connectivity index is 1.38. The van der Waals surface area contributed by atoms with Crippen molar-refractivity contribution in [2.24, 2.45) is 10.1 Å². The van der Waals surface area contributed by atoms with E-state index >= 15 is 0 Å². The summed E-state index contributed by atoms with van der Waals surface area (Å²) in [6.45, 7) is 7.39. The number of rotatable bonds is 9. The maximum Gasteiger partial charge on any atom is 0.435 e. The minimum Gasteiger partial charge on any atom is -0.496 e. The molecular formula is C31H31N3O5S2. The van der Waals surface area contributed by atoms with E-state index in [1.54, 1.807) is 36.8 Å². The van der Waals surface area contributed by atoms with Gasteiger partial charge in [0.15, 0.2) is 0 Å². The predicted octanol–water partition coefficient (Wildman–Crippen LogP) is 7.70. The van der Waals surface area contributed by atoms with Crippen LogP contribution in [0.15, 0.2) is 70.8 Å². The number of thiophene rings is 2. The van der Waals surface area contributed by atoms with E-state index in [0.29, 0.717) is 24.4 Å². The summed E-state index contributed by atoms with van der Waals surface area (Å²) in [5, 5.41) is 15.2. The highest BCUT2D eigenvalue weighted by molar-refractivity contribution is 7.29. The first-order valence-electron chi connectivity index (χ1n) is 13.2. The number of aliphatic imine (C=N–C) groups is 1. The number of benzene rings is 2. The van der Waals surface area contributed by atoms with Gasteiger partial charge in [0.25, 0.3) is 0 Å². The van der Waals surface area contributed by atoms with Crippen LogP contribution in [0.25, 0.3) is 19.8 Å². The average Bonchev–Trinajstić information content (AvgIpc) is 3.57. The van der Waals surface area contributed by atoms with Gasteiger partial charge in [-0.15, -0.1) is 22.7 Å². The van der Waals surface area contributed by atoms with E-state index in [1.807, 2.05) is 62.4 Å². The third-order valence-corrected chi connectivity index (χ3v) is 10.0. The topological polar surface area (TPSA) is 101 Å². The highest BCUT2D eigenvalue weighted by Crippen LogP contribution is 2.51. The van der Waals surface area contributed by atoms with Crippen LogP contribution in [0.2, 0.25) is 0 Å². The summed E-state index contributed by atoms with van der Waals surface area (Å²) < 4.78 is 13.4. The molecule has 5 rings (SSSR count). The van der Waals surface area contributed by atoms with Gasteiger partial charge in [0.1, 0.15) is 17.7 Å². The second-order valence-electron chi connectivity index (χ2n) is 10.1. The molecule has 1 saturated carbocycles. The molecule has 0 spiro atoms. The van der Waals surface area contributed by atoms with Crippen LogP contribution in [0.1, 0.15) is 54.7 Å². The van der Waals surface area contributed by atoms with Crippen molar-refractivity contribution in [2.75, 3.05) is 14.2 Å². The first-order chi connectivity index (χ1) is 19.7. The van der Waals surface area contributed by atoms with Crippen molar-refractivity contribution in [1.29, 1.82) is 0 Å². The maximum atomic E-state index is 12.8. The predicted molar refractivity (Wildman–Crippen MR) is 165 cm³/mol. The van der Waals surface area contributed by atoms with Crippen molar-refractivity contribution in [3.63, 3.8) is 0 Å². The van der Waals surface area contributed by atoms with Gasteiger partial charge in [0.2, 0.25) is 0 Å². The van der Waals surface area contributed by atoms with Crippen molar-refractivity contribution in [3.05, 3.63) is 76.7 Å². The minimum atomic E-state index is -0.787. The molecule has 2 unspecified atom stereocenters. The van der Waals surface area contributed by atoms with E-state index in [-0.39, 0.29) is 5.92 Å². The zero-order chi connectivity index (χ0) is 29.3. The number of hydrazone groups is 1. The standard InChI is InChI=1S/C31H31N3O5S2/c1-18(28(34(4)32-3)33-30(37)39-19(2)20-9-7-6-8-10-20)24-16-26-27(40-24)17-25(41-26)22-12-11-21(15-23(22)38-5)31(13-14-31)29(35)36/h6-12,15-19H,3,13-14H2,1-2,4-5H3,(H,35,36). The molecule has 0 aliphatic heterocycles. The number of fused-ring (bicyclic) bond motifs is 1. The summed E-state index contributed by atoms with van der Waals surface area (Å²) >= 11 is 3.25. The SMILES string of the molecule is C=NN(C)C(=NC(=O)OC(C)c1ccccc1)C(C)c1cc2sc(-c3ccc(C4(C(=O)O)CC4)cc3OC)cc2s1. The lowest BCUT2D eigenvalue weighted by Gasteiger charge is -2.20. The highest BCUT2D eigenvalue weighted by Gasteiger charge is 2.52. The number of carboxylic acids is 1. The van der Waals surface area contributed by atoms with Crippen LogP contribution in [-0.4, -0.2) is 48.9 Å². The number of hydrogen-bond donors (Lipinski definition) is 1. The summed E-state index contributed by atoms with van der Waals surface area (Å²) in [5.74, 6) is 0.0698. The normalized spacial score (nSPS) is 15.7. The second-order valence-corrected chi connectivity index (χ2v) is 12.3. The molecule has 4 aromatic rings. The molecule has 212 valence electrons. The van der Waals surface area contributed by atoms with Crippen molar-refractivity contribution in [1.82, 2.24) is 5.01 Å². The fourth-order valence-corrected chi connectivity index (χ4v) is 7.34. The average molecular weight is 590 g/mol. The van der Waals surface area contributed by atoms with Crippen LogP contribution in [-0.2, 0) is 14.9 Å². The van der Waals surface area contributed by atoms with Gasteiger partial charge < -0.3 is 14.6 Å². The zero-order valence-electron chi connectivity index (χ0n) is 23.3. The molecule has 2 atom stereocenters. The number of likely N-dealkylation sites (N-methyl/N-ethyl adjacent to an activating group) is 1. The number of amidine groups is 1. The highest BCUT2D eigenvalue weighted by atomic mass is 32.1. The number of nitrogens with zero attached hydrogens (tertiary/aromatic N) is 3. The first kappa shape index (κ1) is 28.5. The molecule has 10 heteroatoms. The lowest BCUT2D eigenvalue weighted by molar-refractivity contribution is -0.140. The lowest BCUT2D eigenvalue weighted by Crippen LogP contribution is -2.27. The Kier molecular flexibility index (Phi) is 7.97. The minimum absolute atomic E-state index is 0.238. The molecule has 1 amide bonds. The third-order valence-electron chi connectivity index (χ3n) is 7.52. The van der Waals surface area contributed by atoms with E-state index in [4.69, 9.17) is 9.47 Å². The Morgan fingerprint density at radius 1 is 1.05 bits per heavy atom. The number of aliphatic carboxylic acids is 1. The molecule has 0 radical (unpaired) electrons. The zero-order valence-corrected chi connectivity index (χ0v) is 24.9. The molecule has 1 aliphatic carbocycles. The summed E-state index contributed by atoms with van der Waals surface area (Å²) in [6.07, 6.45) is 0.158. The van der Waals surface area contributed by atoms with Gasteiger partial charge in [0, 0.05) is 38.5 Å². The molecule has 1 fully saturated rings. The van der Waals surface area contributed by atoms with Crippen molar-refractivity contribution >= 4 is 56.7 Å². The number of amides is 1. The Morgan fingerprint density at radius 3 is 2.37 bits per heavy atom. The summed E-state index contributed by atoms with van der Waals surface area (Å²) in [4.78, 5) is 30.9. The van der Waals surface area contributed by atoms with Crippen LogP contribution < -0.4 is 4.74 Å². The number of carbonyl (C=O) groups excluding carboxylic acids is 1. The van der Waals surface area contributed by atoms with Gasteiger partial charge in [-0.25, -0.2) is 4.79 Å². The lowest BCUT2D eigenvalue weighted by atomic mass is 9.94. The quantitative estimate of drug-likeness (QED) is 0.122. The second kappa shape index (κ2) is 11.5. The molecule has 41 heavy (non-hydrogen) atoms. The molecule has 2 aromatic heterocycles. The summed E-state index contributed by atoms with van der Waals surface area (Å²) in [7, 11) is 3.31. The van der Waals surface area contributed by atoms with Gasteiger partial charge in [-0.1, -0.05) is 43.3 Å². The molecule has 8 nitrogen and oxygen atoms in total. The summed E-state index contributed by atoms with van der Waals surface area (Å²) in [6, 6.07) is 19.4. The van der Waals surface area contributed by atoms with E-state index in [9.17, 15) is 14.7 Å². The van der Waals surface area contributed by atoms with E-state index < -0.39 is 23.6 Å². The van der Waals surface area contributed by atoms with Crippen LogP contribution >= 0.6 is 22.7 Å². The van der Waals surface area contributed by atoms with Gasteiger partial charge in [0.05, 0.1) is 18.4 Å². The van der Waals surface area contributed by atoms with Crippen molar-refractivity contribution in [2.45, 2.75) is 44.1 Å². The number of carbonyl (C=O) groups is 2. The Morgan fingerprint density at radius 2 is 1.76 bits per heavy atom. The summed E-state index contributed by atoms with van der Waals surface area (Å²) in [5.41, 5.74) is 1.80. The van der Waals surface area contributed by atoms with E-state index in [1.165, 1.54) is 5.01 Å². The largest absolute Gasteiger partial charge is 0.496 e. The number of carboxylic acid groups (broad SMARTS) is 1. The molecular weight excluding hydrogens is 558 g/mol. The van der Waals surface area contributed by atoms with Gasteiger partial charge in [-0.3, -0.25) is 9.80 Å². The van der Waals surface area contributed by atoms with E-state index in [0.717, 1.165) is 35.8 Å². The monoisotopic (exact) mass is 589 g/mol. The molecule has 0 saturated heterocycles. The number of methoxy groups -OCH3 is 1. The molecule has 1 N–H and O–H groups in total. The first-order valence-corrected chi connectivity index (χ1v) is 14.8. The van der Waals surface area contributed by atoms with Crippen molar-refractivity contribution < 1.29 is 24.2 Å². The van der Waals surface area contributed by atoms with Crippen molar-refractivity contribution in [3.8, 4) is 16.2 Å². The van der Waals surface area contributed by atoms with Crippen LogP contribution in [0, 0.1) is 0 Å². The Labute approximate surface area is 246 Å². The fourth-order valence-electron chi connectivity index (χ4n) is 4.86. The van der Waals surface area contributed by atoms with Crippen LogP contribution in [0.4, 0.5) is 4.79 Å². The smallest absolute Gasteiger partial charge is 0.435 e. The van der Waals surface area contributed by atoms with Gasteiger partial charge in [-0.2, -0.15) is 10.1 Å². The number of ether oxygens (including phenoxy) is 2. The van der Waals surface area contributed by atoms with Crippen LogP contribution in [0.3, 0.4) is 0 Å². The molecule has 2 heterocycles. The van der Waals surface area contributed by atoms with Gasteiger partial charge >= 0.3 is 12.1 Å². The molecule has 0 bridgehead atoms. The molecule has 1 aliphatic rings. The number of hydrogen-bond acceptors (Lipinski definition) is 7. The van der Waals surface area contributed by atoms with Crippen LogP contribution in [0.5, 0.6) is 5.75 Å². The molecule has 2 aromatic carbocycles. The fraction of sp³-hybridized carbons (Fsp3) is 0.290.